The largest absolute Gasteiger partial charge is 0.496 e. The zero-order valence-corrected chi connectivity index (χ0v) is 15.9. The first-order valence-electron chi connectivity index (χ1n) is 7.24. The van der Waals surface area contributed by atoms with Crippen molar-refractivity contribution < 1.29 is 4.74 Å². The number of rotatable bonds is 4. The van der Waals surface area contributed by atoms with Crippen LogP contribution in [-0.2, 0) is 0 Å². The molecule has 0 saturated heterocycles. The summed E-state index contributed by atoms with van der Waals surface area (Å²) in [5.41, 5.74) is 3.40. The first-order valence-corrected chi connectivity index (χ1v) is 8.79. The molecule has 0 unspecified atom stereocenters. The zero-order chi connectivity index (χ0) is 17.1. The van der Waals surface area contributed by atoms with Crippen LogP contribution in [0.25, 0.3) is 11.1 Å². The molecule has 5 heteroatoms. The van der Waals surface area contributed by atoms with E-state index in [1.807, 2.05) is 60.7 Å². The molecule has 0 atom stereocenters. The number of hydrogen-bond acceptors (Lipinski definition) is 2. The molecule has 2 nitrogen and oxygen atoms in total. The Morgan fingerprint density at radius 3 is 2.17 bits per heavy atom. The van der Waals surface area contributed by atoms with Crippen LogP contribution in [0.1, 0.15) is 0 Å². The van der Waals surface area contributed by atoms with Gasteiger partial charge in [0, 0.05) is 15.7 Å². The fraction of sp³-hybridized carbons (Fsp3) is 0.0526. The maximum Gasteiger partial charge on any atom is 0.128 e. The van der Waals surface area contributed by atoms with Gasteiger partial charge < -0.3 is 10.1 Å². The summed E-state index contributed by atoms with van der Waals surface area (Å²) in [6.45, 7) is 0. The van der Waals surface area contributed by atoms with E-state index in [1.165, 1.54) is 0 Å². The number of para-hydroxylation sites is 1. The highest BCUT2D eigenvalue weighted by molar-refractivity contribution is 9.10. The van der Waals surface area contributed by atoms with E-state index < -0.39 is 0 Å². The number of nitrogens with one attached hydrogen (secondary N) is 1. The average Bonchev–Trinajstić information content (AvgIpc) is 2.56. The normalized spacial score (nSPS) is 10.5. The molecule has 3 rings (SSSR count). The SMILES string of the molecule is COc1cccc(Nc2ccccc2)c1-c1c(Cl)cc(Br)cc1Cl. The molecule has 0 aliphatic heterocycles. The molecule has 0 amide bonds. The quantitative estimate of drug-likeness (QED) is 0.480. The van der Waals surface area contributed by atoms with Crippen molar-refractivity contribution in [2.24, 2.45) is 0 Å². The molecule has 0 aliphatic carbocycles. The minimum absolute atomic E-state index is 0.551. The van der Waals surface area contributed by atoms with Crippen LogP contribution in [0.3, 0.4) is 0 Å². The Morgan fingerprint density at radius 1 is 0.875 bits per heavy atom. The molecular formula is C19H14BrCl2NO. The van der Waals surface area contributed by atoms with Crippen LogP contribution >= 0.6 is 39.1 Å². The molecule has 0 bridgehead atoms. The lowest BCUT2D eigenvalue weighted by atomic mass is 10.0. The first-order chi connectivity index (χ1) is 11.6. The van der Waals surface area contributed by atoms with Gasteiger partial charge in [-0.2, -0.15) is 0 Å². The van der Waals surface area contributed by atoms with Crippen molar-refractivity contribution in [2.75, 3.05) is 12.4 Å². The lowest BCUT2D eigenvalue weighted by Gasteiger charge is -2.18. The van der Waals surface area contributed by atoms with E-state index in [1.54, 1.807) is 7.11 Å². The first kappa shape index (κ1) is 17.2. The summed E-state index contributed by atoms with van der Waals surface area (Å²) in [4.78, 5) is 0. The van der Waals surface area contributed by atoms with Gasteiger partial charge in [-0.15, -0.1) is 0 Å². The van der Waals surface area contributed by atoms with Gasteiger partial charge in [-0.1, -0.05) is 63.4 Å². The van der Waals surface area contributed by atoms with Gasteiger partial charge in [0.1, 0.15) is 5.75 Å². The topological polar surface area (TPSA) is 21.3 Å². The van der Waals surface area contributed by atoms with Gasteiger partial charge >= 0.3 is 0 Å². The van der Waals surface area contributed by atoms with Crippen molar-refractivity contribution in [2.45, 2.75) is 0 Å². The van der Waals surface area contributed by atoms with Crippen LogP contribution in [-0.4, -0.2) is 7.11 Å². The monoisotopic (exact) mass is 421 g/mol. The van der Waals surface area contributed by atoms with Crippen LogP contribution in [0.5, 0.6) is 5.75 Å². The van der Waals surface area contributed by atoms with Crippen molar-refractivity contribution in [3.8, 4) is 16.9 Å². The molecule has 3 aromatic carbocycles. The van der Waals surface area contributed by atoms with Gasteiger partial charge in [0.25, 0.3) is 0 Å². The Hall–Kier alpha value is -1.68. The van der Waals surface area contributed by atoms with Gasteiger partial charge in [-0.25, -0.2) is 0 Å². The lowest BCUT2D eigenvalue weighted by molar-refractivity contribution is 0.416. The summed E-state index contributed by atoms with van der Waals surface area (Å²) in [5, 5.41) is 4.51. The van der Waals surface area contributed by atoms with Crippen LogP contribution in [0.2, 0.25) is 10.0 Å². The highest BCUT2D eigenvalue weighted by atomic mass is 79.9. The average molecular weight is 423 g/mol. The fourth-order valence-corrected chi connectivity index (χ4v) is 3.92. The van der Waals surface area contributed by atoms with Gasteiger partial charge in [-0.3, -0.25) is 0 Å². The van der Waals surface area contributed by atoms with Gasteiger partial charge in [-0.05, 0) is 36.4 Å². The molecular weight excluding hydrogens is 409 g/mol. The molecule has 0 saturated carbocycles. The summed E-state index contributed by atoms with van der Waals surface area (Å²) in [5.74, 6) is 0.696. The molecule has 122 valence electrons. The van der Waals surface area contributed by atoms with Crippen LogP contribution in [0.4, 0.5) is 11.4 Å². The summed E-state index contributed by atoms with van der Waals surface area (Å²) < 4.78 is 6.38. The van der Waals surface area contributed by atoms with Crippen LogP contribution < -0.4 is 10.1 Å². The van der Waals surface area contributed by atoms with Crippen LogP contribution in [0.15, 0.2) is 65.1 Å². The van der Waals surface area contributed by atoms with E-state index in [4.69, 9.17) is 27.9 Å². The molecule has 0 aromatic heterocycles. The number of benzene rings is 3. The maximum atomic E-state index is 6.48. The van der Waals surface area contributed by atoms with E-state index in [2.05, 4.69) is 21.2 Å². The third-order valence-corrected chi connectivity index (χ3v) is 4.61. The van der Waals surface area contributed by atoms with E-state index in [9.17, 15) is 0 Å². The van der Waals surface area contributed by atoms with Crippen molar-refractivity contribution in [3.63, 3.8) is 0 Å². The minimum Gasteiger partial charge on any atom is -0.496 e. The lowest BCUT2D eigenvalue weighted by Crippen LogP contribution is -1.97. The van der Waals surface area contributed by atoms with Crippen LogP contribution in [0, 0.1) is 0 Å². The van der Waals surface area contributed by atoms with Crippen molar-refractivity contribution in [1.29, 1.82) is 0 Å². The second-order valence-electron chi connectivity index (χ2n) is 5.12. The summed E-state index contributed by atoms with van der Waals surface area (Å²) >= 11 is 16.4. The Balaban J connectivity index is 2.20. The second kappa shape index (κ2) is 7.47. The number of hydrogen-bond donors (Lipinski definition) is 1. The Labute approximate surface area is 159 Å². The van der Waals surface area contributed by atoms with E-state index in [0.717, 1.165) is 27.0 Å². The summed E-state index contributed by atoms with van der Waals surface area (Å²) in [6.07, 6.45) is 0. The summed E-state index contributed by atoms with van der Waals surface area (Å²) in [7, 11) is 1.63. The number of methoxy groups -OCH3 is 1. The minimum atomic E-state index is 0.551. The van der Waals surface area contributed by atoms with Gasteiger partial charge in [0.15, 0.2) is 0 Å². The molecule has 0 radical (unpaired) electrons. The second-order valence-corrected chi connectivity index (χ2v) is 6.85. The van der Waals surface area contributed by atoms with E-state index in [0.29, 0.717) is 15.8 Å². The summed E-state index contributed by atoms with van der Waals surface area (Å²) in [6, 6.07) is 19.3. The predicted molar refractivity (Wildman–Crippen MR) is 106 cm³/mol. The molecule has 3 aromatic rings. The molecule has 0 fully saturated rings. The number of halogens is 3. The highest BCUT2D eigenvalue weighted by Crippen LogP contribution is 2.45. The highest BCUT2D eigenvalue weighted by Gasteiger charge is 2.18. The predicted octanol–water partition coefficient (Wildman–Crippen LogP) is 7.18. The maximum absolute atomic E-state index is 6.48. The zero-order valence-electron chi connectivity index (χ0n) is 12.8. The van der Waals surface area contributed by atoms with Gasteiger partial charge in [0.2, 0.25) is 0 Å². The standard InChI is InChI=1S/C19H14BrCl2NO/c1-24-17-9-5-8-16(23-13-6-3-2-4-7-13)19(17)18-14(21)10-12(20)11-15(18)22/h2-11,23H,1H3. The van der Waals surface area contributed by atoms with Crippen molar-refractivity contribution in [1.82, 2.24) is 0 Å². The van der Waals surface area contributed by atoms with E-state index in [-0.39, 0.29) is 0 Å². The van der Waals surface area contributed by atoms with Crippen molar-refractivity contribution in [3.05, 3.63) is 75.2 Å². The molecule has 0 spiro atoms. The molecule has 24 heavy (non-hydrogen) atoms. The fourth-order valence-electron chi connectivity index (χ4n) is 2.52. The van der Waals surface area contributed by atoms with E-state index >= 15 is 0 Å². The molecule has 1 N–H and O–H groups in total. The smallest absolute Gasteiger partial charge is 0.128 e. The third kappa shape index (κ3) is 3.54. The third-order valence-electron chi connectivity index (χ3n) is 3.56. The number of anilines is 2. The Morgan fingerprint density at radius 2 is 1.54 bits per heavy atom. The molecule has 0 heterocycles. The van der Waals surface area contributed by atoms with Gasteiger partial charge in [0.05, 0.1) is 28.4 Å². The van der Waals surface area contributed by atoms with Crippen molar-refractivity contribution >= 4 is 50.5 Å². The Bertz CT molecular complexity index is 845. The Kier molecular flexibility index (Phi) is 5.34. The molecule has 0 aliphatic rings. The number of ether oxygens (including phenoxy) is 1.